The summed E-state index contributed by atoms with van der Waals surface area (Å²) in [5.74, 6) is 0. The molecule has 5 nitrogen and oxygen atoms in total. The van der Waals surface area contributed by atoms with Crippen molar-refractivity contribution in [2.45, 2.75) is 16.7 Å². The molecule has 0 saturated heterocycles. The van der Waals surface area contributed by atoms with Crippen LogP contribution in [0, 0.1) is 0 Å². The van der Waals surface area contributed by atoms with Crippen LogP contribution in [-0.4, -0.2) is 10.3 Å². The molecule has 1 aromatic carbocycles. The van der Waals surface area contributed by atoms with Gasteiger partial charge in [-0.3, -0.25) is 5.32 Å². The number of cyclic esters (lactones) is 1. The fourth-order valence-electron chi connectivity index (χ4n) is 2.19. The Hall–Kier alpha value is -2.12. The highest BCUT2D eigenvalue weighted by molar-refractivity contribution is 7.88. The highest BCUT2D eigenvalue weighted by Gasteiger charge is 2.35. The van der Waals surface area contributed by atoms with Gasteiger partial charge in [0.15, 0.2) is 16.6 Å². The first-order valence-electron chi connectivity index (χ1n) is 6.52. The van der Waals surface area contributed by atoms with Crippen LogP contribution < -0.4 is 10.0 Å². The fourth-order valence-corrected chi connectivity index (χ4v) is 3.92. The first-order chi connectivity index (χ1) is 10.5. The van der Waals surface area contributed by atoms with Crippen LogP contribution in [0.4, 0.5) is 16.2 Å². The number of rotatable bonds is 4. The Balaban J connectivity index is 1.93. The highest BCUT2D eigenvalue weighted by Crippen LogP contribution is 2.38. The van der Waals surface area contributed by atoms with Crippen molar-refractivity contribution in [1.29, 1.82) is 0 Å². The Morgan fingerprint density at radius 1 is 1.45 bits per heavy atom. The fraction of sp³-hybridized carbons (Fsp3) is 0.133. The van der Waals surface area contributed by atoms with Crippen LogP contribution in [0.15, 0.2) is 52.6 Å². The van der Waals surface area contributed by atoms with Crippen molar-refractivity contribution >= 4 is 39.8 Å². The van der Waals surface area contributed by atoms with Gasteiger partial charge in [-0.2, -0.15) is 0 Å². The van der Waals surface area contributed by atoms with E-state index in [1.807, 2.05) is 23.6 Å². The number of amides is 1. The summed E-state index contributed by atoms with van der Waals surface area (Å²) in [5.41, 5.74) is 1.18. The smallest absolute Gasteiger partial charge is 0.412 e. The van der Waals surface area contributed by atoms with Crippen LogP contribution in [0.3, 0.4) is 0 Å². The maximum Gasteiger partial charge on any atom is 0.412 e. The predicted molar refractivity (Wildman–Crippen MR) is 88.4 cm³/mol. The molecule has 1 aliphatic rings. The number of carbonyl (C=O) groups excluding carboxylic acids is 1. The predicted octanol–water partition coefficient (Wildman–Crippen LogP) is 3.85. The minimum absolute atomic E-state index is 0.516. The minimum Gasteiger partial charge on any atom is -0.434 e. The molecule has 0 saturated carbocycles. The van der Waals surface area contributed by atoms with Gasteiger partial charge in [0, 0.05) is 11.3 Å². The molecule has 0 radical (unpaired) electrons. The van der Waals surface area contributed by atoms with Gasteiger partial charge in [-0.1, -0.05) is 12.6 Å². The third-order valence-corrected chi connectivity index (χ3v) is 5.70. The van der Waals surface area contributed by atoms with E-state index in [1.165, 1.54) is 11.3 Å². The minimum atomic E-state index is -1.32. The molecule has 0 spiro atoms. The quantitative estimate of drug-likeness (QED) is 0.835. The maximum atomic E-state index is 12.2. The normalized spacial score (nSPS) is 21.2. The number of anilines is 2. The molecule has 1 aliphatic heterocycles. The average molecular weight is 334 g/mol. The molecule has 2 atom stereocenters. The Labute approximate surface area is 134 Å². The number of nitrogens with one attached hydrogen (secondary N) is 2. The second-order valence-corrected chi connectivity index (χ2v) is 7.28. The molecule has 2 heterocycles. The Kier molecular flexibility index (Phi) is 3.76. The molecule has 7 heteroatoms. The Bertz CT molecular complexity index is 758. The van der Waals surface area contributed by atoms with Crippen molar-refractivity contribution in [1.82, 2.24) is 0 Å². The van der Waals surface area contributed by atoms with E-state index in [0.29, 0.717) is 11.4 Å². The molecular formula is C15H14N2O3S2. The third kappa shape index (κ3) is 2.65. The third-order valence-electron chi connectivity index (χ3n) is 3.37. The van der Waals surface area contributed by atoms with E-state index in [1.54, 1.807) is 25.1 Å². The summed E-state index contributed by atoms with van der Waals surface area (Å²) in [6.07, 6.45) is 1.06. The molecule has 22 heavy (non-hydrogen) atoms. The van der Waals surface area contributed by atoms with E-state index in [-0.39, 0.29) is 0 Å². The zero-order chi connectivity index (χ0) is 15.7. The molecule has 0 bridgehead atoms. The van der Waals surface area contributed by atoms with Gasteiger partial charge in [-0.15, -0.1) is 11.3 Å². The topological polar surface area (TPSA) is 67.4 Å². The van der Waals surface area contributed by atoms with Crippen LogP contribution in [-0.2, 0) is 21.3 Å². The molecule has 1 aromatic heterocycles. The van der Waals surface area contributed by atoms with Crippen LogP contribution >= 0.6 is 11.3 Å². The second-order valence-electron chi connectivity index (χ2n) is 4.89. The lowest BCUT2D eigenvalue weighted by molar-refractivity contribution is 0.0647. The SMILES string of the molecule is C=CC1(C)OC(=O)Nc2ccc(NS(=O)c3cccs3)cc21. The highest BCUT2D eigenvalue weighted by atomic mass is 32.2. The standard InChI is InChI=1S/C15H14N2O3S2/c1-3-15(2)11-9-10(6-7-12(11)16-14(18)20-15)17-22(19)13-5-4-8-21-13/h3-9,17H,1H2,2H3,(H,16,18). The van der Waals surface area contributed by atoms with Gasteiger partial charge < -0.3 is 9.46 Å². The van der Waals surface area contributed by atoms with Gasteiger partial charge in [0.1, 0.15) is 4.21 Å². The monoisotopic (exact) mass is 334 g/mol. The van der Waals surface area contributed by atoms with Gasteiger partial charge in [-0.05, 0) is 42.6 Å². The molecule has 114 valence electrons. The van der Waals surface area contributed by atoms with Crippen molar-refractivity contribution in [2.24, 2.45) is 0 Å². The van der Waals surface area contributed by atoms with Crippen molar-refractivity contribution in [3.05, 3.63) is 53.9 Å². The number of ether oxygens (including phenoxy) is 1. The Morgan fingerprint density at radius 2 is 2.27 bits per heavy atom. The van der Waals surface area contributed by atoms with Gasteiger partial charge >= 0.3 is 6.09 Å². The lowest BCUT2D eigenvalue weighted by Gasteiger charge is -2.33. The Morgan fingerprint density at radius 3 is 2.95 bits per heavy atom. The van der Waals surface area contributed by atoms with E-state index in [9.17, 15) is 9.00 Å². The van der Waals surface area contributed by atoms with Gasteiger partial charge in [0.05, 0.1) is 5.69 Å². The first kappa shape index (κ1) is 14.8. The summed E-state index contributed by atoms with van der Waals surface area (Å²) in [6.45, 7) is 5.50. The number of carbonyl (C=O) groups is 1. The summed E-state index contributed by atoms with van der Waals surface area (Å²) in [7, 11) is -1.32. The average Bonchev–Trinajstić information content (AvgIpc) is 3.02. The number of hydrogen-bond acceptors (Lipinski definition) is 4. The van der Waals surface area contributed by atoms with E-state index >= 15 is 0 Å². The van der Waals surface area contributed by atoms with Crippen LogP contribution in [0.2, 0.25) is 0 Å². The molecular weight excluding hydrogens is 320 g/mol. The van der Waals surface area contributed by atoms with Crippen molar-refractivity contribution in [3.63, 3.8) is 0 Å². The van der Waals surface area contributed by atoms with E-state index in [2.05, 4.69) is 16.6 Å². The zero-order valence-electron chi connectivity index (χ0n) is 11.8. The summed E-state index contributed by atoms with van der Waals surface area (Å²) < 4.78 is 21.2. The summed E-state index contributed by atoms with van der Waals surface area (Å²) >= 11 is 1.42. The van der Waals surface area contributed by atoms with Crippen molar-refractivity contribution in [3.8, 4) is 0 Å². The van der Waals surface area contributed by atoms with E-state index < -0.39 is 22.7 Å². The molecule has 3 rings (SSSR count). The van der Waals surface area contributed by atoms with Crippen molar-refractivity contribution in [2.75, 3.05) is 10.0 Å². The van der Waals surface area contributed by atoms with E-state index in [0.717, 1.165) is 9.77 Å². The maximum absolute atomic E-state index is 12.2. The number of hydrogen-bond donors (Lipinski definition) is 2. The lowest BCUT2D eigenvalue weighted by atomic mass is 9.92. The molecule has 0 aliphatic carbocycles. The second kappa shape index (κ2) is 5.58. The molecule has 2 aromatic rings. The summed E-state index contributed by atoms with van der Waals surface area (Å²) in [5, 5.41) is 4.52. The van der Waals surface area contributed by atoms with E-state index in [4.69, 9.17) is 4.74 Å². The molecule has 2 unspecified atom stereocenters. The largest absolute Gasteiger partial charge is 0.434 e. The molecule has 1 amide bonds. The number of benzene rings is 1. The lowest BCUT2D eigenvalue weighted by Crippen LogP contribution is -2.35. The summed E-state index contributed by atoms with van der Waals surface area (Å²) in [6, 6.07) is 8.99. The van der Waals surface area contributed by atoms with Crippen molar-refractivity contribution < 1.29 is 13.7 Å². The van der Waals surface area contributed by atoms with Crippen LogP contribution in [0.5, 0.6) is 0 Å². The van der Waals surface area contributed by atoms with Gasteiger partial charge in [-0.25, -0.2) is 9.00 Å². The first-order valence-corrected chi connectivity index (χ1v) is 8.55. The number of thiophene rings is 1. The molecule has 2 N–H and O–H groups in total. The summed E-state index contributed by atoms with van der Waals surface area (Å²) in [4.78, 5) is 11.6. The van der Waals surface area contributed by atoms with Crippen LogP contribution in [0.25, 0.3) is 0 Å². The van der Waals surface area contributed by atoms with Gasteiger partial charge in [0.25, 0.3) is 0 Å². The van der Waals surface area contributed by atoms with Crippen LogP contribution in [0.1, 0.15) is 12.5 Å². The number of fused-ring (bicyclic) bond motifs is 1. The van der Waals surface area contributed by atoms with Gasteiger partial charge in [0.2, 0.25) is 0 Å². The zero-order valence-corrected chi connectivity index (χ0v) is 13.4. The molecule has 0 fully saturated rings.